The van der Waals surface area contributed by atoms with Crippen molar-refractivity contribution in [2.75, 3.05) is 7.11 Å². The number of ether oxygens (including phenoxy) is 1. The van der Waals surface area contributed by atoms with Crippen molar-refractivity contribution in [3.05, 3.63) is 47.3 Å². The van der Waals surface area contributed by atoms with E-state index >= 15 is 0 Å². The monoisotopic (exact) mass is 318 g/mol. The van der Waals surface area contributed by atoms with Crippen LogP contribution in [0.1, 0.15) is 43.0 Å². The number of aryl methyl sites for hydroxylation is 1. The molecule has 0 saturated carbocycles. The summed E-state index contributed by atoms with van der Waals surface area (Å²) >= 11 is 0. The number of rotatable bonds is 6. The van der Waals surface area contributed by atoms with Crippen molar-refractivity contribution >= 4 is 0 Å². The third-order valence-corrected chi connectivity index (χ3v) is 4.30. The van der Waals surface area contributed by atoms with Gasteiger partial charge in [-0.1, -0.05) is 25.1 Å². The van der Waals surface area contributed by atoms with E-state index in [1.807, 2.05) is 16.8 Å². The van der Waals surface area contributed by atoms with Crippen LogP contribution in [0.25, 0.3) is 0 Å². The van der Waals surface area contributed by atoms with Gasteiger partial charge < -0.3 is 10.1 Å². The molecule has 3 rings (SSSR count). The van der Waals surface area contributed by atoms with Crippen LogP contribution in [0.3, 0.4) is 0 Å². The van der Waals surface area contributed by atoms with E-state index in [1.165, 1.54) is 6.07 Å². The standard InChI is InChI=1S/C17H23FN4O/c1-3-15(13-6-4-5-7-14(13)18)19-12-8-9-17-20-16(11-23-2)21-22(17)10-12/h4-7,12,15,19H,3,8-11H2,1-2H3/t12-,15-/m1/s1. The fourth-order valence-corrected chi connectivity index (χ4v) is 3.16. The molecule has 5 nitrogen and oxygen atoms in total. The van der Waals surface area contributed by atoms with Crippen molar-refractivity contribution in [2.45, 2.75) is 51.4 Å². The van der Waals surface area contributed by atoms with Crippen LogP contribution in [0.15, 0.2) is 24.3 Å². The van der Waals surface area contributed by atoms with Crippen LogP contribution in [-0.2, 0) is 24.3 Å². The van der Waals surface area contributed by atoms with E-state index < -0.39 is 0 Å². The number of halogens is 1. The number of fused-ring (bicyclic) bond motifs is 1. The van der Waals surface area contributed by atoms with Crippen LogP contribution >= 0.6 is 0 Å². The fourth-order valence-electron chi connectivity index (χ4n) is 3.16. The molecule has 0 aliphatic carbocycles. The number of methoxy groups -OCH3 is 1. The molecular formula is C17H23FN4O. The highest BCUT2D eigenvalue weighted by Crippen LogP contribution is 2.23. The van der Waals surface area contributed by atoms with Gasteiger partial charge in [0.05, 0.1) is 6.54 Å². The van der Waals surface area contributed by atoms with Gasteiger partial charge in [-0.2, -0.15) is 5.10 Å². The predicted octanol–water partition coefficient (Wildman–Crippen LogP) is 2.62. The molecule has 1 aromatic carbocycles. The number of hydrogen-bond donors (Lipinski definition) is 1. The van der Waals surface area contributed by atoms with E-state index in [4.69, 9.17) is 4.74 Å². The molecule has 6 heteroatoms. The van der Waals surface area contributed by atoms with Crippen LogP contribution in [0.5, 0.6) is 0 Å². The lowest BCUT2D eigenvalue weighted by Gasteiger charge is -2.28. The number of aromatic nitrogens is 3. The zero-order valence-corrected chi connectivity index (χ0v) is 13.6. The highest BCUT2D eigenvalue weighted by atomic mass is 19.1. The SMILES string of the molecule is CC[C@@H](N[C@@H]1CCc2nc(COC)nn2C1)c1ccccc1F. The first-order valence-electron chi connectivity index (χ1n) is 8.13. The van der Waals surface area contributed by atoms with E-state index in [0.29, 0.717) is 6.61 Å². The van der Waals surface area contributed by atoms with Crippen molar-refractivity contribution in [3.63, 3.8) is 0 Å². The molecule has 0 radical (unpaired) electrons. The molecule has 0 bridgehead atoms. The first kappa shape index (κ1) is 16.1. The summed E-state index contributed by atoms with van der Waals surface area (Å²) in [5, 5.41) is 8.07. The maximum absolute atomic E-state index is 14.0. The quantitative estimate of drug-likeness (QED) is 0.889. The summed E-state index contributed by atoms with van der Waals surface area (Å²) in [7, 11) is 1.64. The normalized spacial score (nSPS) is 18.7. The molecule has 0 saturated heterocycles. The summed E-state index contributed by atoms with van der Waals surface area (Å²) < 4.78 is 21.1. The lowest BCUT2D eigenvalue weighted by Crippen LogP contribution is -2.40. The third kappa shape index (κ3) is 3.59. The molecule has 2 heterocycles. The first-order chi connectivity index (χ1) is 11.2. The Morgan fingerprint density at radius 3 is 3.00 bits per heavy atom. The second-order valence-electron chi connectivity index (χ2n) is 5.94. The van der Waals surface area contributed by atoms with Crippen molar-refractivity contribution in [3.8, 4) is 0 Å². The Bertz CT molecular complexity index is 658. The molecule has 1 aliphatic rings. The third-order valence-electron chi connectivity index (χ3n) is 4.30. The van der Waals surface area contributed by atoms with Gasteiger partial charge in [0.2, 0.25) is 0 Å². The van der Waals surface area contributed by atoms with Crippen molar-refractivity contribution in [1.82, 2.24) is 20.1 Å². The molecule has 23 heavy (non-hydrogen) atoms. The summed E-state index contributed by atoms with van der Waals surface area (Å²) in [4.78, 5) is 4.49. The van der Waals surface area contributed by atoms with Crippen LogP contribution in [-0.4, -0.2) is 27.9 Å². The van der Waals surface area contributed by atoms with Gasteiger partial charge in [0.15, 0.2) is 5.82 Å². The molecule has 1 aliphatic heterocycles. The minimum atomic E-state index is -0.147. The Hall–Kier alpha value is -1.79. The lowest BCUT2D eigenvalue weighted by atomic mass is 10.0. The smallest absolute Gasteiger partial charge is 0.176 e. The lowest BCUT2D eigenvalue weighted by molar-refractivity contribution is 0.177. The van der Waals surface area contributed by atoms with Gasteiger partial charge in [0, 0.05) is 31.2 Å². The second kappa shape index (κ2) is 7.19. The zero-order valence-electron chi connectivity index (χ0n) is 13.6. The van der Waals surface area contributed by atoms with E-state index in [0.717, 1.165) is 43.0 Å². The molecule has 2 aromatic rings. The first-order valence-corrected chi connectivity index (χ1v) is 8.13. The Morgan fingerprint density at radius 2 is 2.26 bits per heavy atom. The summed E-state index contributed by atoms with van der Waals surface area (Å²) in [6.07, 6.45) is 2.70. The van der Waals surface area contributed by atoms with Crippen LogP contribution in [0, 0.1) is 5.82 Å². The van der Waals surface area contributed by atoms with Gasteiger partial charge in [-0.05, 0) is 18.9 Å². The molecule has 1 aromatic heterocycles. The molecule has 0 amide bonds. The fraction of sp³-hybridized carbons (Fsp3) is 0.529. The minimum Gasteiger partial charge on any atom is -0.377 e. The number of nitrogens with one attached hydrogen (secondary N) is 1. The average molecular weight is 318 g/mol. The van der Waals surface area contributed by atoms with Crippen LogP contribution < -0.4 is 5.32 Å². The summed E-state index contributed by atoms with van der Waals surface area (Å²) in [6, 6.07) is 7.28. The highest BCUT2D eigenvalue weighted by molar-refractivity contribution is 5.21. The summed E-state index contributed by atoms with van der Waals surface area (Å²) in [5.41, 5.74) is 0.736. The second-order valence-corrected chi connectivity index (χ2v) is 5.94. The van der Waals surface area contributed by atoms with Gasteiger partial charge in [0.1, 0.15) is 18.2 Å². The minimum absolute atomic E-state index is 0.0183. The molecule has 0 fully saturated rings. The topological polar surface area (TPSA) is 52.0 Å². The van der Waals surface area contributed by atoms with Crippen molar-refractivity contribution < 1.29 is 9.13 Å². The van der Waals surface area contributed by atoms with Crippen molar-refractivity contribution in [2.24, 2.45) is 0 Å². The van der Waals surface area contributed by atoms with Crippen LogP contribution in [0.2, 0.25) is 0 Å². The molecule has 124 valence electrons. The summed E-state index contributed by atoms with van der Waals surface area (Å²) in [6.45, 7) is 3.27. The highest BCUT2D eigenvalue weighted by Gasteiger charge is 2.24. The number of hydrogen-bond acceptors (Lipinski definition) is 4. The van der Waals surface area contributed by atoms with E-state index in [1.54, 1.807) is 13.2 Å². The Labute approximate surface area is 135 Å². The number of nitrogens with zero attached hydrogens (tertiary/aromatic N) is 3. The summed E-state index contributed by atoms with van der Waals surface area (Å²) in [5.74, 6) is 1.59. The maximum atomic E-state index is 14.0. The Morgan fingerprint density at radius 1 is 1.43 bits per heavy atom. The molecule has 2 atom stereocenters. The van der Waals surface area contributed by atoms with Gasteiger partial charge >= 0.3 is 0 Å². The zero-order chi connectivity index (χ0) is 16.2. The van der Waals surface area contributed by atoms with Gasteiger partial charge in [-0.25, -0.2) is 14.1 Å². The van der Waals surface area contributed by atoms with Gasteiger partial charge in [0.25, 0.3) is 0 Å². The van der Waals surface area contributed by atoms with Gasteiger partial charge in [-0.3, -0.25) is 0 Å². The Balaban J connectivity index is 1.69. The largest absolute Gasteiger partial charge is 0.377 e. The molecular weight excluding hydrogens is 295 g/mol. The van der Waals surface area contributed by atoms with E-state index in [9.17, 15) is 4.39 Å². The van der Waals surface area contributed by atoms with Crippen molar-refractivity contribution in [1.29, 1.82) is 0 Å². The van der Waals surface area contributed by atoms with E-state index in [-0.39, 0.29) is 17.9 Å². The molecule has 0 spiro atoms. The maximum Gasteiger partial charge on any atom is 0.176 e. The van der Waals surface area contributed by atoms with E-state index in [2.05, 4.69) is 22.3 Å². The molecule has 0 unspecified atom stereocenters. The predicted molar refractivity (Wildman–Crippen MR) is 85.4 cm³/mol. The average Bonchev–Trinajstić information content (AvgIpc) is 2.95. The van der Waals surface area contributed by atoms with Crippen LogP contribution in [0.4, 0.5) is 4.39 Å². The Kier molecular flexibility index (Phi) is 5.03. The van der Waals surface area contributed by atoms with Gasteiger partial charge in [-0.15, -0.1) is 0 Å². The number of benzene rings is 1. The molecule has 1 N–H and O–H groups in total.